The van der Waals surface area contributed by atoms with Gasteiger partial charge in [-0.15, -0.1) is 0 Å². The van der Waals surface area contributed by atoms with E-state index in [4.69, 9.17) is 4.98 Å². The topological polar surface area (TPSA) is 104 Å². The first kappa shape index (κ1) is 25.0. The molecule has 0 fully saturated rings. The molecule has 5 rings (SSSR count). The van der Waals surface area contributed by atoms with Gasteiger partial charge in [-0.05, 0) is 29.9 Å². The summed E-state index contributed by atoms with van der Waals surface area (Å²) in [6.45, 7) is 6.60. The van der Waals surface area contributed by atoms with E-state index in [-0.39, 0.29) is 28.4 Å². The molecule has 190 valence electrons. The first-order valence-corrected chi connectivity index (χ1v) is 13.4. The van der Waals surface area contributed by atoms with Crippen molar-refractivity contribution in [2.24, 2.45) is 5.41 Å². The number of H-pyrrole nitrogens is 1. The van der Waals surface area contributed by atoms with Crippen molar-refractivity contribution in [1.29, 1.82) is 0 Å². The van der Waals surface area contributed by atoms with Crippen LogP contribution in [0.2, 0.25) is 0 Å². The molecule has 0 radical (unpaired) electrons. The van der Waals surface area contributed by atoms with E-state index in [2.05, 4.69) is 29.5 Å². The van der Waals surface area contributed by atoms with Crippen LogP contribution in [-0.4, -0.2) is 27.4 Å². The quantitative estimate of drug-likeness (QED) is 0.326. The molecule has 8 heteroatoms. The summed E-state index contributed by atoms with van der Waals surface area (Å²) >= 11 is 1.18. The van der Waals surface area contributed by atoms with Crippen molar-refractivity contribution in [2.45, 2.75) is 51.2 Å². The fourth-order valence-corrected chi connectivity index (χ4v) is 5.73. The van der Waals surface area contributed by atoms with Crippen LogP contribution in [0.15, 0.2) is 75.8 Å². The number of hydrogen-bond donors (Lipinski definition) is 3. The molecule has 2 aliphatic rings. The van der Waals surface area contributed by atoms with E-state index in [1.807, 2.05) is 61.5 Å². The lowest BCUT2D eigenvalue weighted by molar-refractivity contribution is -0.119. The van der Waals surface area contributed by atoms with Crippen molar-refractivity contribution in [1.82, 2.24) is 15.3 Å². The predicted molar refractivity (Wildman–Crippen MR) is 146 cm³/mol. The molecule has 1 amide bonds. The number of hydrogen-bond acceptors (Lipinski definition) is 6. The number of aryl methyl sites for hydroxylation is 1. The molecule has 1 aromatic heterocycles. The summed E-state index contributed by atoms with van der Waals surface area (Å²) in [6.07, 6.45) is 1.12. The zero-order chi connectivity index (χ0) is 26.2. The standard InChI is InChI=1S/C29H30N4O3S/c1-17-9-11-19(12-10-17)23-24-20(13-29(2,3)14-21(24)34)31-26-25(23)27(36)33-28(32-26)37-16-22(35)30-15-18-7-5-4-6-8-18/h4-12,23H,13-16H2,1-3H3,(H,30,35)(H2,31,32,33,36)/t23-/m0/s1. The molecule has 0 unspecified atom stereocenters. The number of thioether (sulfide) groups is 1. The highest BCUT2D eigenvalue weighted by molar-refractivity contribution is 7.99. The number of allylic oxidation sites excluding steroid dienone is 2. The molecule has 1 atom stereocenters. The Bertz CT molecular complexity index is 1440. The Morgan fingerprint density at radius 3 is 2.54 bits per heavy atom. The van der Waals surface area contributed by atoms with Crippen LogP contribution in [0.25, 0.3) is 0 Å². The Hall–Kier alpha value is -3.65. The molecule has 0 saturated carbocycles. The van der Waals surface area contributed by atoms with Gasteiger partial charge in [-0.3, -0.25) is 14.4 Å². The Labute approximate surface area is 220 Å². The van der Waals surface area contributed by atoms with Crippen LogP contribution < -0.4 is 16.2 Å². The lowest BCUT2D eigenvalue weighted by atomic mass is 9.69. The summed E-state index contributed by atoms with van der Waals surface area (Å²) < 4.78 is 0. The normalized spacial score (nSPS) is 18.0. The van der Waals surface area contributed by atoms with Crippen LogP contribution in [0.4, 0.5) is 5.82 Å². The highest BCUT2D eigenvalue weighted by Crippen LogP contribution is 2.47. The summed E-state index contributed by atoms with van der Waals surface area (Å²) in [5.74, 6) is -0.00646. The number of rotatable bonds is 6. The first-order chi connectivity index (χ1) is 17.7. The van der Waals surface area contributed by atoms with E-state index < -0.39 is 5.92 Å². The minimum absolute atomic E-state index is 0.0583. The number of carbonyl (C=O) groups is 2. The van der Waals surface area contributed by atoms with E-state index in [1.54, 1.807) is 0 Å². The first-order valence-electron chi connectivity index (χ1n) is 12.4. The maximum atomic E-state index is 13.4. The number of Topliss-reactive ketones (excluding diaryl/α,β-unsaturated/α-hetero) is 1. The number of nitrogens with zero attached hydrogens (tertiary/aromatic N) is 1. The number of ketones is 1. The summed E-state index contributed by atoms with van der Waals surface area (Å²) in [4.78, 5) is 46.7. The smallest absolute Gasteiger partial charge is 0.257 e. The van der Waals surface area contributed by atoms with Crippen LogP contribution in [0.1, 0.15) is 54.9 Å². The van der Waals surface area contributed by atoms with Gasteiger partial charge < -0.3 is 15.6 Å². The zero-order valence-corrected chi connectivity index (χ0v) is 22.0. The third-order valence-electron chi connectivity index (χ3n) is 6.78. The summed E-state index contributed by atoms with van der Waals surface area (Å²) in [5, 5.41) is 6.58. The van der Waals surface area contributed by atoms with Crippen molar-refractivity contribution < 1.29 is 9.59 Å². The molecule has 0 bridgehead atoms. The van der Waals surface area contributed by atoms with Crippen molar-refractivity contribution in [3.05, 3.63) is 98.5 Å². The van der Waals surface area contributed by atoms with Gasteiger partial charge in [0.2, 0.25) is 5.91 Å². The van der Waals surface area contributed by atoms with Gasteiger partial charge in [-0.1, -0.05) is 85.8 Å². The largest absolute Gasteiger partial charge is 0.351 e. The average molecular weight is 515 g/mol. The predicted octanol–water partition coefficient (Wildman–Crippen LogP) is 4.69. The van der Waals surface area contributed by atoms with Gasteiger partial charge in [0.25, 0.3) is 5.56 Å². The fourth-order valence-electron chi connectivity index (χ4n) is 5.04. The molecular weight excluding hydrogens is 484 g/mol. The van der Waals surface area contributed by atoms with Gasteiger partial charge in [0, 0.05) is 30.2 Å². The monoisotopic (exact) mass is 514 g/mol. The van der Waals surface area contributed by atoms with Crippen molar-refractivity contribution >= 4 is 29.3 Å². The minimum atomic E-state index is -0.486. The Balaban J connectivity index is 1.43. The molecule has 2 aromatic carbocycles. The summed E-state index contributed by atoms with van der Waals surface area (Å²) in [5.41, 5.74) is 4.44. The van der Waals surface area contributed by atoms with Crippen LogP contribution in [0.3, 0.4) is 0 Å². The molecule has 2 heterocycles. The SMILES string of the molecule is Cc1ccc([C@H]2C3=C(CC(C)(C)CC3=O)Nc3nc(SCC(=O)NCc4ccccc4)[nH]c(=O)c32)cc1. The number of benzene rings is 2. The number of nitrogens with one attached hydrogen (secondary N) is 3. The Morgan fingerprint density at radius 1 is 1.08 bits per heavy atom. The Kier molecular flexibility index (Phi) is 6.77. The van der Waals surface area contributed by atoms with Crippen molar-refractivity contribution in [2.75, 3.05) is 11.1 Å². The maximum absolute atomic E-state index is 13.4. The number of carbonyl (C=O) groups excluding carboxylic acids is 2. The van der Waals surface area contributed by atoms with Gasteiger partial charge in [0.05, 0.1) is 11.3 Å². The average Bonchev–Trinajstić information content (AvgIpc) is 2.85. The second-order valence-electron chi connectivity index (χ2n) is 10.5. The lowest BCUT2D eigenvalue weighted by Gasteiger charge is -2.38. The second kappa shape index (κ2) is 10.0. The molecule has 3 N–H and O–H groups in total. The van der Waals surface area contributed by atoms with E-state index in [1.165, 1.54) is 11.8 Å². The van der Waals surface area contributed by atoms with Crippen LogP contribution in [-0.2, 0) is 16.1 Å². The lowest BCUT2D eigenvalue weighted by Crippen LogP contribution is -2.37. The fraction of sp³-hybridized carbons (Fsp3) is 0.310. The van der Waals surface area contributed by atoms with Gasteiger partial charge in [0.1, 0.15) is 5.82 Å². The Morgan fingerprint density at radius 2 is 1.81 bits per heavy atom. The van der Waals surface area contributed by atoms with Gasteiger partial charge in [0.15, 0.2) is 10.9 Å². The van der Waals surface area contributed by atoms with E-state index in [9.17, 15) is 14.4 Å². The van der Waals surface area contributed by atoms with E-state index >= 15 is 0 Å². The molecule has 3 aromatic rings. The molecule has 7 nitrogen and oxygen atoms in total. The summed E-state index contributed by atoms with van der Waals surface area (Å²) in [6, 6.07) is 17.6. The van der Waals surface area contributed by atoms with Crippen LogP contribution in [0, 0.1) is 12.3 Å². The molecule has 0 spiro atoms. The molecule has 37 heavy (non-hydrogen) atoms. The molecular formula is C29H30N4O3S. The van der Waals surface area contributed by atoms with Gasteiger partial charge >= 0.3 is 0 Å². The van der Waals surface area contributed by atoms with E-state index in [0.29, 0.717) is 41.5 Å². The van der Waals surface area contributed by atoms with Crippen molar-refractivity contribution in [3.63, 3.8) is 0 Å². The van der Waals surface area contributed by atoms with Crippen molar-refractivity contribution in [3.8, 4) is 0 Å². The van der Waals surface area contributed by atoms with Gasteiger partial charge in [-0.25, -0.2) is 4.98 Å². The van der Waals surface area contributed by atoms with Gasteiger partial charge in [-0.2, -0.15) is 0 Å². The second-order valence-corrected chi connectivity index (χ2v) is 11.5. The molecule has 1 aliphatic heterocycles. The zero-order valence-electron chi connectivity index (χ0n) is 21.2. The number of aromatic amines is 1. The third kappa shape index (κ3) is 5.39. The van der Waals surface area contributed by atoms with Crippen LogP contribution >= 0.6 is 11.8 Å². The number of aromatic nitrogens is 2. The number of anilines is 1. The highest BCUT2D eigenvalue weighted by Gasteiger charge is 2.42. The number of amides is 1. The van der Waals surface area contributed by atoms with E-state index in [0.717, 1.165) is 22.4 Å². The highest BCUT2D eigenvalue weighted by atomic mass is 32.2. The third-order valence-corrected chi connectivity index (χ3v) is 7.66. The molecule has 0 saturated heterocycles. The molecule has 1 aliphatic carbocycles. The van der Waals surface area contributed by atoms with Crippen LogP contribution in [0.5, 0.6) is 0 Å². The number of fused-ring (bicyclic) bond motifs is 1. The summed E-state index contributed by atoms with van der Waals surface area (Å²) in [7, 11) is 0. The minimum Gasteiger partial charge on any atom is -0.351 e. The maximum Gasteiger partial charge on any atom is 0.257 e.